The van der Waals surface area contributed by atoms with Gasteiger partial charge in [0.05, 0.1) is 0 Å². The highest BCUT2D eigenvalue weighted by Crippen LogP contribution is 2.32. The van der Waals surface area contributed by atoms with Crippen molar-refractivity contribution in [3.8, 4) is 0 Å². The molecule has 11 heavy (non-hydrogen) atoms. The van der Waals surface area contributed by atoms with Crippen LogP contribution in [0.15, 0.2) is 0 Å². The minimum Gasteiger partial charge on any atom is -0.324 e. The first-order chi connectivity index (χ1) is 4.46. The lowest BCUT2D eigenvalue weighted by Crippen LogP contribution is -2.63. The van der Waals surface area contributed by atoms with Crippen LogP contribution in [0.1, 0.15) is 39.5 Å². The summed E-state index contributed by atoms with van der Waals surface area (Å²) in [5.74, 6) is 0. The fraction of sp³-hybridized carbons (Fsp3) is 1.00. The van der Waals surface area contributed by atoms with Gasteiger partial charge in [-0.05, 0) is 26.7 Å². The quantitative estimate of drug-likeness (QED) is 0.590. The zero-order chi connectivity index (χ0) is 7.83. The van der Waals surface area contributed by atoms with Gasteiger partial charge < -0.3 is 11.5 Å². The molecule has 0 heterocycles. The van der Waals surface area contributed by atoms with Crippen molar-refractivity contribution >= 4 is 12.4 Å². The second kappa shape index (κ2) is 3.30. The van der Waals surface area contributed by atoms with E-state index in [0.29, 0.717) is 0 Å². The Hall–Kier alpha value is 0.210. The molecule has 3 heteroatoms. The van der Waals surface area contributed by atoms with Gasteiger partial charge >= 0.3 is 0 Å². The van der Waals surface area contributed by atoms with Crippen LogP contribution < -0.4 is 11.5 Å². The van der Waals surface area contributed by atoms with E-state index in [1.165, 1.54) is 12.8 Å². The van der Waals surface area contributed by atoms with Gasteiger partial charge in [-0.2, -0.15) is 0 Å². The summed E-state index contributed by atoms with van der Waals surface area (Å²) in [6.45, 7) is 4.12. The molecule has 0 aromatic carbocycles. The summed E-state index contributed by atoms with van der Waals surface area (Å²) in [5, 5.41) is 0. The van der Waals surface area contributed by atoms with Crippen LogP contribution >= 0.6 is 12.4 Å². The molecule has 0 saturated heterocycles. The van der Waals surface area contributed by atoms with Crippen molar-refractivity contribution in [1.82, 2.24) is 0 Å². The number of rotatable bonds is 0. The molecule has 1 rings (SSSR count). The fourth-order valence-electron chi connectivity index (χ4n) is 1.56. The summed E-state index contributed by atoms with van der Waals surface area (Å²) < 4.78 is 0. The van der Waals surface area contributed by atoms with E-state index >= 15 is 0 Å². The number of nitrogens with two attached hydrogens (primary N) is 2. The first kappa shape index (κ1) is 11.2. The van der Waals surface area contributed by atoms with Gasteiger partial charge in [-0.15, -0.1) is 12.4 Å². The topological polar surface area (TPSA) is 52.0 Å². The van der Waals surface area contributed by atoms with E-state index in [1.54, 1.807) is 0 Å². The minimum atomic E-state index is -0.148. The monoisotopic (exact) mass is 178 g/mol. The summed E-state index contributed by atoms with van der Waals surface area (Å²) in [5.41, 5.74) is 11.8. The lowest BCUT2D eigenvalue weighted by Gasteiger charge is -2.45. The molecule has 0 aliphatic heterocycles. The average Bonchev–Trinajstić information content (AvgIpc) is 1.77. The normalized spacial score (nSPS) is 44.7. The molecule has 1 aliphatic carbocycles. The molecule has 0 spiro atoms. The predicted molar refractivity (Wildman–Crippen MR) is 50.9 cm³/mol. The van der Waals surface area contributed by atoms with Crippen molar-refractivity contribution < 1.29 is 0 Å². The lowest BCUT2D eigenvalue weighted by molar-refractivity contribution is 0.182. The molecule has 1 saturated carbocycles. The molecular formula is C8H19ClN2. The second-order valence-corrected chi connectivity index (χ2v) is 4.04. The summed E-state index contributed by atoms with van der Waals surface area (Å²) in [7, 11) is 0. The van der Waals surface area contributed by atoms with E-state index in [-0.39, 0.29) is 23.5 Å². The molecule has 2 nitrogen and oxygen atoms in total. The molecule has 0 aromatic rings. The van der Waals surface area contributed by atoms with Gasteiger partial charge in [-0.3, -0.25) is 0 Å². The van der Waals surface area contributed by atoms with Crippen LogP contribution in [0.2, 0.25) is 0 Å². The molecule has 0 aromatic heterocycles. The Morgan fingerprint density at radius 2 is 1.18 bits per heavy atom. The Bertz CT molecular complexity index is 116. The standard InChI is InChI=1S/C8H18N2.ClH/c1-7(9)5-3-4-6-8(7,2)10;/h3-6,9-10H2,1-2H3;1H. The Labute approximate surface area is 75.1 Å². The zero-order valence-electron chi connectivity index (χ0n) is 7.39. The third kappa shape index (κ3) is 2.08. The van der Waals surface area contributed by atoms with Crippen LogP contribution in [0.3, 0.4) is 0 Å². The summed E-state index contributed by atoms with van der Waals surface area (Å²) in [6, 6.07) is 0. The van der Waals surface area contributed by atoms with Gasteiger partial charge in [-0.25, -0.2) is 0 Å². The highest BCUT2D eigenvalue weighted by molar-refractivity contribution is 5.85. The van der Waals surface area contributed by atoms with Crippen LogP contribution in [0.25, 0.3) is 0 Å². The smallest absolute Gasteiger partial charge is 0.0305 e. The Morgan fingerprint density at radius 3 is 1.36 bits per heavy atom. The van der Waals surface area contributed by atoms with E-state index in [0.717, 1.165) is 12.8 Å². The van der Waals surface area contributed by atoms with Gasteiger partial charge in [0.25, 0.3) is 0 Å². The van der Waals surface area contributed by atoms with Crippen LogP contribution in [0, 0.1) is 0 Å². The summed E-state index contributed by atoms with van der Waals surface area (Å²) >= 11 is 0. The largest absolute Gasteiger partial charge is 0.324 e. The van der Waals surface area contributed by atoms with Crippen LogP contribution in [0.5, 0.6) is 0 Å². The first-order valence-corrected chi connectivity index (χ1v) is 4.03. The molecule has 0 amide bonds. The molecule has 1 aliphatic rings. The summed E-state index contributed by atoms with van der Waals surface area (Å²) in [6.07, 6.45) is 4.61. The van der Waals surface area contributed by atoms with Crippen LogP contribution in [0.4, 0.5) is 0 Å². The predicted octanol–water partition coefficient (Wildman–Crippen LogP) is 1.42. The van der Waals surface area contributed by atoms with E-state index in [4.69, 9.17) is 11.5 Å². The number of hydrogen-bond acceptors (Lipinski definition) is 2. The van der Waals surface area contributed by atoms with Crippen molar-refractivity contribution in [2.45, 2.75) is 50.6 Å². The maximum Gasteiger partial charge on any atom is 0.0305 e. The molecule has 0 bridgehead atoms. The van der Waals surface area contributed by atoms with Crippen molar-refractivity contribution in [2.75, 3.05) is 0 Å². The van der Waals surface area contributed by atoms with Crippen molar-refractivity contribution in [3.63, 3.8) is 0 Å². The van der Waals surface area contributed by atoms with E-state index in [9.17, 15) is 0 Å². The molecule has 0 radical (unpaired) electrons. The van der Waals surface area contributed by atoms with Crippen molar-refractivity contribution in [2.24, 2.45) is 11.5 Å². The Balaban J connectivity index is 0.000001000. The second-order valence-electron chi connectivity index (χ2n) is 4.04. The number of hydrogen-bond donors (Lipinski definition) is 2. The molecule has 2 atom stereocenters. The maximum absolute atomic E-state index is 6.03. The van der Waals surface area contributed by atoms with Gasteiger partial charge in [0.1, 0.15) is 0 Å². The molecule has 4 N–H and O–H groups in total. The van der Waals surface area contributed by atoms with E-state index in [2.05, 4.69) is 13.8 Å². The first-order valence-electron chi connectivity index (χ1n) is 4.03. The third-order valence-electron chi connectivity index (χ3n) is 2.95. The van der Waals surface area contributed by atoms with E-state index < -0.39 is 0 Å². The average molecular weight is 179 g/mol. The van der Waals surface area contributed by atoms with Gasteiger partial charge in [0, 0.05) is 11.1 Å². The zero-order valence-corrected chi connectivity index (χ0v) is 8.21. The van der Waals surface area contributed by atoms with Gasteiger partial charge in [-0.1, -0.05) is 12.8 Å². The number of halogens is 1. The van der Waals surface area contributed by atoms with Crippen LogP contribution in [-0.4, -0.2) is 11.1 Å². The van der Waals surface area contributed by atoms with E-state index in [1.807, 2.05) is 0 Å². The van der Waals surface area contributed by atoms with Gasteiger partial charge in [0.15, 0.2) is 0 Å². The summed E-state index contributed by atoms with van der Waals surface area (Å²) in [4.78, 5) is 0. The SMILES string of the molecule is CC1(N)CCCCC1(C)N.Cl. The highest BCUT2D eigenvalue weighted by Gasteiger charge is 2.39. The molecule has 2 unspecified atom stereocenters. The van der Waals surface area contributed by atoms with Gasteiger partial charge in [0.2, 0.25) is 0 Å². The van der Waals surface area contributed by atoms with Crippen molar-refractivity contribution in [3.05, 3.63) is 0 Å². The highest BCUT2D eigenvalue weighted by atomic mass is 35.5. The molecule has 1 fully saturated rings. The fourth-order valence-corrected chi connectivity index (χ4v) is 1.56. The van der Waals surface area contributed by atoms with Crippen molar-refractivity contribution in [1.29, 1.82) is 0 Å². The Kier molecular flexibility index (Phi) is 3.36. The lowest BCUT2D eigenvalue weighted by atomic mass is 9.70. The Morgan fingerprint density at radius 1 is 0.909 bits per heavy atom. The third-order valence-corrected chi connectivity index (χ3v) is 2.95. The molecule has 68 valence electrons. The molecular weight excluding hydrogens is 160 g/mol. The minimum absolute atomic E-state index is 0. The maximum atomic E-state index is 6.03. The van der Waals surface area contributed by atoms with Crippen LogP contribution in [-0.2, 0) is 0 Å².